The van der Waals surface area contributed by atoms with Crippen molar-refractivity contribution in [1.29, 1.82) is 0 Å². The maximum absolute atomic E-state index is 11.8. The van der Waals surface area contributed by atoms with Crippen molar-refractivity contribution in [3.05, 3.63) is 24.0 Å². The predicted octanol–water partition coefficient (Wildman–Crippen LogP) is 0.141. The van der Waals surface area contributed by atoms with Crippen molar-refractivity contribution in [1.82, 2.24) is 20.5 Å². The molecule has 1 aromatic heterocycles. The van der Waals surface area contributed by atoms with Gasteiger partial charge < -0.3 is 5.32 Å². The molecule has 1 aliphatic rings. The first-order valence-corrected chi connectivity index (χ1v) is 4.99. The smallest absolute Gasteiger partial charge is 0.322 e. The average molecular weight is 233 g/mol. The topological polar surface area (TPSA) is 87.6 Å². The van der Waals surface area contributed by atoms with Crippen LogP contribution in [0.1, 0.15) is 19.5 Å². The van der Waals surface area contributed by atoms with Gasteiger partial charge in [-0.05, 0) is 26.0 Å². The number of nitrogens with zero attached hydrogens (tertiary/aromatic N) is 4. The molecule has 0 bridgehead atoms. The van der Waals surface area contributed by atoms with Crippen molar-refractivity contribution in [3.8, 4) is 0 Å². The number of carbonyl (C=O) groups excluding carboxylic acids is 2. The number of hydrogen-bond acceptors (Lipinski definition) is 5. The van der Waals surface area contributed by atoms with Crippen molar-refractivity contribution in [2.24, 2.45) is 5.10 Å². The van der Waals surface area contributed by atoms with E-state index in [0.717, 1.165) is 5.01 Å². The summed E-state index contributed by atoms with van der Waals surface area (Å²) in [7, 11) is 0. The van der Waals surface area contributed by atoms with E-state index in [-0.39, 0.29) is 0 Å². The normalized spacial score (nSPS) is 18.8. The fourth-order valence-corrected chi connectivity index (χ4v) is 1.33. The van der Waals surface area contributed by atoms with Crippen LogP contribution in [0.2, 0.25) is 0 Å². The van der Waals surface area contributed by atoms with Crippen LogP contribution in [-0.4, -0.2) is 38.9 Å². The van der Waals surface area contributed by atoms with Crippen LogP contribution in [-0.2, 0) is 4.79 Å². The summed E-state index contributed by atoms with van der Waals surface area (Å²) < 4.78 is 0. The van der Waals surface area contributed by atoms with Gasteiger partial charge in [0, 0.05) is 6.20 Å². The zero-order valence-corrected chi connectivity index (χ0v) is 9.41. The lowest BCUT2D eigenvalue weighted by Crippen LogP contribution is -2.39. The zero-order valence-electron chi connectivity index (χ0n) is 9.41. The molecule has 0 aromatic carbocycles. The lowest BCUT2D eigenvalue weighted by molar-refractivity contribution is -0.130. The highest BCUT2D eigenvalue weighted by atomic mass is 16.2. The van der Waals surface area contributed by atoms with Crippen molar-refractivity contribution in [2.45, 2.75) is 19.4 Å². The number of hydrogen-bond donors (Lipinski definition) is 1. The molecule has 0 atom stereocenters. The van der Waals surface area contributed by atoms with Gasteiger partial charge in [-0.2, -0.15) is 10.2 Å². The molecule has 0 aliphatic carbocycles. The lowest BCUT2D eigenvalue weighted by Gasteiger charge is -2.12. The number of carbonyl (C=O) groups is 2. The molecule has 0 radical (unpaired) electrons. The van der Waals surface area contributed by atoms with E-state index < -0.39 is 17.5 Å². The van der Waals surface area contributed by atoms with Crippen molar-refractivity contribution < 1.29 is 9.59 Å². The highest BCUT2D eigenvalue weighted by Gasteiger charge is 2.44. The Balaban J connectivity index is 2.18. The Hall–Kier alpha value is -2.31. The van der Waals surface area contributed by atoms with E-state index in [1.807, 2.05) is 0 Å². The minimum atomic E-state index is -0.920. The number of imide groups is 1. The molecule has 7 nitrogen and oxygen atoms in total. The van der Waals surface area contributed by atoms with Crippen LogP contribution < -0.4 is 5.32 Å². The van der Waals surface area contributed by atoms with Gasteiger partial charge >= 0.3 is 6.03 Å². The highest BCUT2D eigenvalue weighted by molar-refractivity contribution is 6.06. The number of aromatic nitrogens is 2. The van der Waals surface area contributed by atoms with E-state index in [1.165, 1.54) is 12.4 Å². The second-order valence-corrected chi connectivity index (χ2v) is 4.07. The molecule has 0 spiro atoms. The Kier molecular flexibility index (Phi) is 2.58. The molecule has 88 valence electrons. The summed E-state index contributed by atoms with van der Waals surface area (Å²) in [6, 6.07) is 2.81. The van der Waals surface area contributed by atoms with Gasteiger partial charge in [-0.3, -0.25) is 4.79 Å². The number of hydrazone groups is 1. The van der Waals surface area contributed by atoms with Crippen molar-refractivity contribution in [3.63, 3.8) is 0 Å². The standard InChI is InChI=1S/C10H11N5O2/c1-10(2)8(16)15(9(17)13-10)12-6-7-4-3-5-11-14-7/h3-6H,1-2H3,(H,13,17)/b12-6+. The van der Waals surface area contributed by atoms with Crippen LogP contribution >= 0.6 is 0 Å². The molecular weight excluding hydrogens is 222 g/mol. The molecule has 17 heavy (non-hydrogen) atoms. The van der Waals surface area contributed by atoms with Gasteiger partial charge in [-0.25, -0.2) is 4.79 Å². The quantitative estimate of drug-likeness (QED) is 0.581. The van der Waals surface area contributed by atoms with E-state index in [1.54, 1.807) is 26.0 Å². The summed E-state index contributed by atoms with van der Waals surface area (Å²) in [5.41, 5.74) is -0.450. The Morgan fingerprint density at radius 3 is 2.76 bits per heavy atom. The molecule has 0 unspecified atom stereocenters. The molecule has 1 fully saturated rings. The average Bonchev–Trinajstić information content (AvgIpc) is 2.48. The summed E-state index contributed by atoms with van der Waals surface area (Å²) >= 11 is 0. The fourth-order valence-electron chi connectivity index (χ4n) is 1.33. The van der Waals surface area contributed by atoms with Crippen LogP contribution in [0.25, 0.3) is 0 Å². The molecule has 3 amide bonds. The molecule has 1 saturated heterocycles. The molecule has 7 heteroatoms. The maximum Gasteiger partial charge on any atom is 0.346 e. The van der Waals surface area contributed by atoms with Crippen molar-refractivity contribution in [2.75, 3.05) is 0 Å². The summed E-state index contributed by atoms with van der Waals surface area (Å²) in [5.74, 6) is -0.400. The predicted molar refractivity (Wildman–Crippen MR) is 59.1 cm³/mol. The Bertz CT molecular complexity index is 483. The number of rotatable bonds is 2. The van der Waals surface area contributed by atoms with Gasteiger partial charge in [0.25, 0.3) is 5.91 Å². The lowest BCUT2D eigenvalue weighted by atomic mass is 10.1. The van der Waals surface area contributed by atoms with Gasteiger partial charge in [0.05, 0.1) is 6.21 Å². The van der Waals surface area contributed by atoms with E-state index in [4.69, 9.17) is 0 Å². The van der Waals surface area contributed by atoms with E-state index in [9.17, 15) is 9.59 Å². The second kappa shape index (κ2) is 3.93. The highest BCUT2D eigenvalue weighted by Crippen LogP contribution is 2.16. The molecule has 2 heterocycles. The molecule has 1 aromatic rings. The van der Waals surface area contributed by atoms with Gasteiger partial charge in [-0.1, -0.05) is 0 Å². The minimum Gasteiger partial charge on any atom is -0.322 e. The largest absolute Gasteiger partial charge is 0.346 e. The first kappa shape index (κ1) is 11.2. The minimum absolute atomic E-state index is 0.400. The Morgan fingerprint density at radius 2 is 2.24 bits per heavy atom. The van der Waals surface area contributed by atoms with Crippen LogP contribution in [0.3, 0.4) is 0 Å². The monoisotopic (exact) mass is 233 g/mol. The summed E-state index contributed by atoms with van der Waals surface area (Å²) in [6.07, 6.45) is 2.83. The Labute approximate surface area is 97.5 Å². The van der Waals surface area contributed by atoms with Gasteiger partial charge in [0.2, 0.25) is 0 Å². The van der Waals surface area contributed by atoms with E-state index in [0.29, 0.717) is 5.69 Å². The van der Waals surface area contributed by atoms with Gasteiger partial charge in [0.1, 0.15) is 11.2 Å². The summed E-state index contributed by atoms with van der Waals surface area (Å²) in [5, 5.41) is 14.5. The second-order valence-electron chi connectivity index (χ2n) is 4.07. The SMILES string of the molecule is CC1(C)NC(=O)N(/N=C/c2cccnn2)C1=O. The van der Waals surface area contributed by atoms with E-state index >= 15 is 0 Å². The fraction of sp³-hybridized carbons (Fsp3) is 0.300. The number of urea groups is 1. The third kappa shape index (κ3) is 2.12. The number of amides is 3. The third-order valence-electron chi connectivity index (χ3n) is 2.24. The van der Waals surface area contributed by atoms with Crippen LogP contribution in [0, 0.1) is 0 Å². The van der Waals surface area contributed by atoms with Gasteiger partial charge in [-0.15, -0.1) is 10.1 Å². The van der Waals surface area contributed by atoms with Crippen LogP contribution in [0.15, 0.2) is 23.4 Å². The molecule has 1 aliphatic heterocycles. The van der Waals surface area contributed by atoms with Crippen LogP contribution in [0.4, 0.5) is 4.79 Å². The molecule has 2 rings (SSSR count). The first-order chi connectivity index (χ1) is 8.00. The third-order valence-corrected chi connectivity index (χ3v) is 2.24. The zero-order chi connectivity index (χ0) is 12.5. The van der Waals surface area contributed by atoms with Crippen LogP contribution in [0.5, 0.6) is 0 Å². The molecule has 0 saturated carbocycles. The molecular formula is C10H11N5O2. The Morgan fingerprint density at radius 1 is 1.47 bits per heavy atom. The summed E-state index contributed by atoms with van der Waals surface area (Å²) in [6.45, 7) is 3.23. The van der Waals surface area contributed by atoms with E-state index in [2.05, 4.69) is 20.6 Å². The number of nitrogens with one attached hydrogen (secondary N) is 1. The van der Waals surface area contributed by atoms with Crippen molar-refractivity contribution >= 4 is 18.2 Å². The maximum atomic E-state index is 11.8. The molecule has 1 N–H and O–H groups in total. The van der Waals surface area contributed by atoms with Gasteiger partial charge in [0.15, 0.2) is 0 Å². The summed E-state index contributed by atoms with van der Waals surface area (Å²) in [4.78, 5) is 23.2. The first-order valence-electron chi connectivity index (χ1n) is 4.99.